The first-order chi connectivity index (χ1) is 10.1. The highest BCUT2D eigenvalue weighted by atomic mass is 79.9. The van der Waals surface area contributed by atoms with Crippen LogP contribution in [-0.4, -0.2) is 19.7 Å². The van der Waals surface area contributed by atoms with Crippen molar-refractivity contribution in [1.29, 1.82) is 0 Å². The molecule has 5 nitrogen and oxygen atoms in total. The van der Waals surface area contributed by atoms with Gasteiger partial charge in [0, 0.05) is 31.9 Å². The molecule has 21 heavy (non-hydrogen) atoms. The van der Waals surface area contributed by atoms with Crippen LogP contribution in [0.2, 0.25) is 0 Å². The van der Waals surface area contributed by atoms with Crippen molar-refractivity contribution < 1.29 is 0 Å². The number of aryl methyl sites for hydroxylation is 2. The van der Waals surface area contributed by atoms with E-state index in [0.29, 0.717) is 6.42 Å². The maximum atomic E-state index is 6.35. The van der Waals surface area contributed by atoms with Crippen molar-refractivity contribution in [2.75, 3.05) is 0 Å². The van der Waals surface area contributed by atoms with E-state index in [9.17, 15) is 0 Å². The molecule has 6 heteroatoms. The van der Waals surface area contributed by atoms with E-state index in [1.165, 1.54) is 0 Å². The smallest absolute Gasteiger partial charge is 0.0890 e. The van der Waals surface area contributed by atoms with Crippen molar-refractivity contribution in [1.82, 2.24) is 19.7 Å². The molecular weight excluding hydrogens is 330 g/mol. The molecule has 0 aliphatic rings. The molecule has 0 aliphatic carbocycles. The molecule has 1 aromatic carbocycles. The number of benzene rings is 1. The van der Waals surface area contributed by atoms with Gasteiger partial charge < -0.3 is 5.73 Å². The first-order valence-electron chi connectivity index (χ1n) is 6.70. The fourth-order valence-corrected chi connectivity index (χ4v) is 2.94. The molecule has 1 atom stereocenters. The standard InChI is InChI=1S/C15H16BrN5/c1-9-15(16)14(21(2)20-9)8-11(17)10-3-4-12-13(7-10)19-6-5-18-12/h3-7,11H,8,17H2,1-2H3. The quantitative estimate of drug-likeness (QED) is 0.792. The summed E-state index contributed by atoms with van der Waals surface area (Å²) >= 11 is 3.58. The molecule has 2 aromatic heterocycles. The number of fused-ring (bicyclic) bond motifs is 1. The van der Waals surface area contributed by atoms with Gasteiger partial charge in [-0.1, -0.05) is 6.07 Å². The van der Waals surface area contributed by atoms with Crippen LogP contribution >= 0.6 is 15.9 Å². The lowest BCUT2D eigenvalue weighted by molar-refractivity contribution is 0.638. The summed E-state index contributed by atoms with van der Waals surface area (Å²) in [5.41, 5.74) is 11.2. The number of hydrogen-bond acceptors (Lipinski definition) is 4. The molecule has 0 spiro atoms. The van der Waals surface area contributed by atoms with Gasteiger partial charge in [-0.2, -0.15) is 5.10 Å². The lowest BCUT2D eigenvalue weighted by atomic mass is 10.0. The summed E-state index contributed by atoms with van der Waals surface area (Å²) in [6, 6.07) is 5.87. The van der Waals surface area contributed by atoms with Gasteiger partial charge in [0.1, 0.15) is 0 Å². The Hall–Kier alpha value is -1.79. The minimum Gasteiger partial charge on any atom is -0.324 e. The van der Waals surface area contributed by atoms with Crippen LogP contribution in [0.3, 0.4) is 0 Å². The van der Waals surface area contributed by atoms with E-state index < -0.39 is 0 Å². The average Bonchev–Trinajstić information content (AvgIpc) is 2.73. The van der Waals surface area contributed by atoms with Crippen molar-refractivity contribution in [3.8, 4) is 0 Å². The normalized spacial score (nSPS) is 12.8. The van der Waals surface area contributed by atoms with Crippen molar-refractivity contribution in [2.24, 2.45) is 12.8 Å². The Balaban J connectivity index is 1.91. The number of nitrogens with zero attached hydrogens (tertiary/aromatic N) is 4. The topological polar surface area (TPSA) is 69.6 Å². The number of aromatic nitrogens is 4. The van der Waals surface area contributed by atoms with E-state index in [4.69, 9.17) is 5.73 Å². The number of halogens is 1. The van der Waals surface area contributed by atoms with Crippen LogP contribution in [-0.2, 0) is 13.5 Å². The lowest BCUT2D eigenvalue weighted by Gasteiger charge is -2.13. The molecule has 0 saturated heterocycles. The van der Waals surface area contributed by atoms with Gasteiger partial charge in [-0.3, -0.25) is 14.6 Å². The van der Waals surface area contributed by atoms with Gasteiger partial charge >= 0.3 is 0 Å². The van der Waals surface area contributed by atoms with Crippen LogP contribution in [0.25, 0.3) is 11.0 Å². The highest BCUT2D eigenvalue weighted by molar-refractivity contribution is 9.10. The summed E-state index contributed by atoms with van der Waals surface area (Å²) in [5, 5.41) is 4.40. The van der Waals surface area contributed by atoms with E-state index in [0.717, 1.165) is 32.5 Å². The first-order valence-corrected chi connectivity index (χ1v) is 7.50. The van der Waals surface area contributed by atoms with Crippen molar-refractivity contribution in [3.05, 3.63) is 52.0 Å². The van der Waals surface area contributed by atoms with Crippen LogP contribution in [0.5, 0.6) is 0 Å². The molecular formula is C15H16BrN5. The van der Waals surface area contributed by atoms with E-state index >= 15 is 0 Å². The van der Waals surface area contributed by atoms with Crippen LogP contribution in [0.15, 0.2) is 35.1 Å². The fraction of sp³-hybridized carbons (Fsp3) is 0.267. The Kier molecular flexibility index (Phi) is 3.73. The SMILES string of the molecule is Cc1nn(C)c(CC(N)c2ccc3nccnc3c2)c1Br. The minimum absolute atomic E-state index is 0.109. The number of hydrogen-bond donors (Lipinski definition) is 1. The van der Waals surface area contributed by atoms with Crippen LogP contribution in [0.1, 0.15) is 23.0 Å². The van der Waals surface area contributed by atoms with Crippen LogP contribution in [0.4, 0.5) is 0 Å². The summed E-state index contributed by atoms with van der Waals surface area (Å²) < 4.78 is 2.90. The van der Waals surface area contributed by atoms with Gasteiger partial charge in [-0.15, -0.1) is 0 Å². The van der Waals surface area contributed by atoms with E-state index in [1.54, 1.807) is 12.4 Å². The second kappa shape index (κ2) is 5.54. The summed E-state index contributed by atoms with van der Waals surface area (Å²) in [5.74, 6) is 0. The predicted molar refractivity (Wildman–Crippen MR) is 85.8 cm³/mol. The zero-order valence-electron chi connectivity index (χ0n) is 11.9. The zero-order chi connectivity index (χ0) is 15.0. The molecule has 0 radical (unpaired) electrons. The Morgan fingerprint density at radius 2 is 1.95 bits per heavy atom. The highest BCUT2D eigenvalue weighted by Crippen LogP contribution is 2.25. The van der Waals surface area contributed by atoms with Crippen molar-refractivity contribution in [3.63, 3.8) is 0 Å². The molecule has 0 saturated carbocycles. The van der Waals surface area contributed by atoms with Gasteiger partial charge in [0.25, 0.3) is 0 Å². The zero-order valence-corrected chi connectivity index (χ0v) is 13.5. The Bertz CT molecular complexity index is 796. The summed E-state index contributed by atoms with van der Waals surface area (Å²) in [6.45, 7) is 1.98. The number of rotatable bonds is 3. The molecule has 1 unspecified atom stereocenters. The van der Waals surface area contributed by atoms with Gasteiger partial charge in [-0.25, -0.2) is 0 Å². The highest BCUT2D eigenvalue weighted by Gasteiger charge is 2.16. The molecule has 0 aliphatic heterocycles. The molecule has 2 heterocycles. The molecule has 3 rings (SSSR count). The fourth-order valence-electron chi connectivity index (χ4n) is 2.44. The van der Waals surface area contributed by atoms with Gasteiger partial charge in [0.15, 0.2) is 0 Å². The Morgan fingerprint density at radius 1 is 1.24 bits per heavy atom. The predicted octanol–water partition coefficient (Wildman–Crippen LogP) is 2.68. The summed E-state index contributed by atoms with van der Waals surface area (Å²) in [6.07, 6.45) is 4.10. The molecule has 0 amide bonds. The largest absolute Gasteiger partial charge is 0.324 e. The van der Waals surface area contributed by atoms with Crippen LogP contribution in [0, 0.1) is 6.92 Å². The lowest BCUT2D eigenvalue weighted by Crippen LogP contribution is -2.15. The third kappa shape index (κ3) is 2.69. The van der Waals surface area contributed by atoms with E-state index in [2.05, 4.69) is 31.0 Å². The third-order valence-corrected chi connectivity index (χ3v) is 4.63. The van der Waals surface area contributed by atoms with Gasteiger partial charge in [0.05, 0.1) is 26.9 Å². The van der Waals surface area contributed by atoms with Crippen molar-refractivity contribution >= 4 is 27.0 Å². The van der Waals surface area contributed by atoms with Crippen LogP contribution < -0.4 is 5.73 Å². The summed E-state index contributed by atoms with van der Waals surface area (Å²) in [7, 11) is 1.94. The van der Waals surface area contributed by atoms with Crippen molar-refractivity contribution in [2.45, 2.75) is 19.4 Å². The molecule has 2 N–H and O–H groups in total. The maximum Gasteiger partial charge on any atom is 0.0890 e. The third-order valence-electron chi connectivity index (χ3n) is 3.60. The number of nitrogens with two attached hydrogens (primary N) is 1. The van der Waals surface area contributed by atoms with E-state index in [-0.39, 0.29) is 6.04 Å². The molecule has 0 bridgehead atoms. The van der Waals surface area contributed by atoms with E-state index in [1.807, 2.05) is 36.9 Å². The van der Waals surface area contributed by atoms with Gasteiger partial charge in [0.2, 0.25) is 0 Å². The Labute approximate surface area is 131 Å². The Morgan fingerprint density at radius 3 is 2.62 bits per heavy atom. The molecule has 0 fully saturated rings. The summed E-state index contributed by atoms with van der Waals surface area (Å²) in [4.78, 5) is 8.60. The average molecular weight is 346 g/mol. The molecule has 108 valence electrons. The monoisotopic (exact) mass is 345 g/mol. The first kappa shape index (κ1) is 14.2. The second-order valence-electron chi connectivity index (χ2n) is 5.08. The van der Waals surface area contributed by atoms with Gasteiger partial charge in [-0.05, 0) is 40.5 Å². The second-order valence-corrected chi connectivity index (χ2v) is 5.88. The minimum atomic E-state index is -0.109. The maximum absolute atomic E-state index is 6.35. The molecule has 3 aromatic rings.